The minimum absolute atomic E-state index is 0.299. The molecule has 2 N–H and O–H groups in total. The number of nitrogens with two attached hydrogens (primary N) is 1. The van der Waals surface area contributed by atoms with Crippen molar-refractivity contribution < 1.29 is 9.53 Å². The minimum Gasteiger partial charge on any atom is -0.455 e. The lowest BCUT2D eigenvalue weighted by molar-refractivity contribution is 0.00632. The molecular formula is C10H17N3O2. The second kappa shape index (κ2) is 4.02. The first-order chi connectivity index (χ1) is 6.83. The zero-order valence-corrected chi connectivity index (χ0v) is 9.57. The van der Waals surface area contributed by atoms with E-state index in [-0.39, 0.29) is 0 Å². The van der Waals surface area contributed by atoms with Crippen LogP contribution < -0.4 is 5.73 Å². The first kappa shape index (κ1) is 11.7. The van der Waals surface area contributed by atoms with Gasteiger partial charge in [-0.2, -0.15) is 0 Å². The number of hydrogen-bond donors (Lipinski definition) is 1. The molecular weight excluding hydrogens is 194 g/mol. The Morgan fingerprint density at radius 1 is 1.60 bits per heavy atom. The fraction of sp³-hybridized carbons (Fsp3) is 0.600. The van der Waals surface area contributed by atoms with E-state index in [9.17, 15) is 4.79 Å². The normalized spacial score (nSPS) is 11.5. The second-order valence-electron chi connectivity index (χ2n) is 4.36. The van der Waals surface area contributed by atoms with Crippen LogP contribution in [0.3, 0.4) is 0 Å². The lowest BCUT2D eigenvalue weighted by atomic mass is 10.2. The zero-order chi connectivity index (χ0) is 11.6. The third-order valence-corrected chi connectivity index (χ3v) is 1.76. The van der Waals surface area contributed by atoms with Crippen molar-refractivity contribution in [3.63, 3.8) is 0 Å². The summed E-state index contributed by atoms with van der Waals surface area (Å²) in [5.74, 6) is 0.244. The lowest BCUT2D eigenvalue weighted by Crippen LogP contribution is -2.24. The van der Waals surface area contributed by atoms with Crippen molar-refractivity contribution in [2.45, 2.75) is 32.9 Å². The van der Waals surface area contributed by atoms with Gasteiger partial charge in [0.05, 0.1) is 6.54 Å². The molecule has 1 aromatic rings. The topological polar surface area (TPSA) is 70.1 Å². The number of rotatable bonds is 2. The van der Waals surface area contributed by atoms with E-state index < -0.39 is 11.6 Å². The van der Waals surface area contributed by atoms with Gasteiger partial charge in [0.25, 0.3) is 0 Å². The molecule has 0 aliphatic rings. The molecule has 0 radical (unpaired) electrons. The Kier molecular flexibility index (Phi) is 3.14. The number of aromatic nitrogens is 2. The molecule has 1 rings (SSSR count). The summed E-state index contributed by atoms with van der Waals surface area (Å²) < 4.78 is 6.90. The summed E-state index contributed by atoms with van der Waals surface area (Å²) in [5, 5.41) is 0. The van der Waals surface area contributed by atoms with Crippen LogP contribution in [0.15, 0.2) is 6.20 Å². The maximum atomic E-state index is 11.6. The molecule has 0 bridgehead atoms. The Bertz CT molecular complexity index is 363. The van der Waals surface area contributed by atoms with Gasteiger partial charge in [0.1, 0.15) is 11.4 Å². The third-order valence-electron chi connectivity index (χ3n) is 1.76. The predicted octanol–water partition coefficient (Wildman–Crippen LogP) is 0.834. The molecule has 0 spiro atoms. The van der Waals surface area contributed by atoms with E-state index in [4.69, 9.17) is 10.5 Å². The number of carbonyl (C=O) groups is 1. The molecule has 0 unspecified atom stereocenters. The standard InChI is InChI=1S/C10H17N3O2/c1-10(2,3)15-9(14)7-6-13(4)8(5-11)12-7/h6H,5,11H2,1-4H3. The van der Waals surface area contributed by atoms with Gasteiger partial charge in [-0.3, -0.25) is 0 Å². The van der Waals surface area contributed by atoms with Gasteiger partial charge < -0.3 is 15.0 Å². The number of nitrogens with zero attached hydrogens (tertiary/aromatic N) is 2. The highest BCUT2D eigenvalue weighted by molar-refractivity contribution is 5.87. The summed E-state index contributed by atoms with van der Waals surface area (Å²) in [5.41, 5.74) is 5.25. The molecule has 5 nitrogen and oxygen atoms in total. The second-order valence-corrected chi connectivity index (χ2v) is 4.36. The van der Waals surface area contributed by atoms with Gasteiger partial charge in [-0.15, -0.1) is 0 Å². The average Bonchev–Trinajstić information content (AvgIpc) is 2.43. The van der Waals surface area contributed by atoms with Crippen molar-refractivity contribution in [3.8, 4) is 0 Å². The predicted molar refractivity (Wildman–Crippen MR) is 56.3 cm³/mol. The van der Waals surface area contributed by atoms with Crippen molar-refractivity contribution in [1.29, 1.82) is 0 Å². The summed E-state index contributed by atoms with van der Waals surface area (Å²) in [6.07, 6.45) is 1.62. The monoisotopic (exact) mass is 211 g/mol. The fourth-order valence-electron chi connectivity index (χ4n) is 1.12. The zero-order valence-electron chi connectivity index (χ0n) is 9.57. The summed E-state index contributed by atoms with van der Waals surface area (Å²) in [6, 6.07) is 0. The van der Waals surface area contributed by atoms with E-state index in [2.05, 4.69) is 4.98 Å². The molecule has 15 heavy (non-hydrogen) atoms. The molecule has 0 aliphatic heterocycles. The number of hydrogen-bond acceptors (Lipinski definition) is 4. The Hall–Kier alpha value is -1.36. The summed E-state index contributed by atoms with van der Waals surface area (Å²) >= 11 is 0. The Morgan fingerprint density at radius 3 is 2.60 bits per heavy atom. The van der Waals surface area contributed by atoms with E-state index in [1.165, 1.54) is 0 Å². The minimum atomic E-state index is -0.502. The molecule has 5 heteroatoms. The molecule has 0 fully saturated rings. The van der Waals surface area contributed by atoms with Gasteiger partial charge in [-0.1, -0.05) is 0 Å². The van der Waals surface area contributed by atoms with Gasteiger partial charge >= 0.3 is 5.97 Å². The van der Waals surface area contributed by atoms with Crippen LogP contribution in [0.4, 0.5) is 0 Å². The summed E-state index contributed by atoms with van der Waals surface area (Å²) in [6.45, 7) is 5.76. The van der Waals surface area contributed by atoms with Crippen LogP contribution in [-0.2, 0) is 18.3 Å². The van der Waals surface area contributed by atoms with Crippen LogP contribution in [0.1, 0.15) is 37.1 Å². The molecule has 0 saturated carbocycles. The van der Waals surface area contributed by atoms with Crippen LogP contribution in [0, 0.1) is 0 Å². The molecule has 0 atom stereocenters. The SMILES string of the molecule is Cn1cc(C(=O)OC(C)(C)C)nc1CN. The number of aryl methyl sites for hydroxylation is 1. The van der Waals surface area contributed by atoms with Gasteiger partial charge in [0.2, 0.25) is 0 Å². The quantitative estimate of drug-likeness (QED) is 0.736. The molecule has 0 saturated heterocycles. The van der Waals surface area contributed by atoms with Crippen molar-refractivity contribution in [3.05, 3.63) is 17.7 Å². The van der Waals surface area contributed by atoms with Crippen molar-refractivity contribution >= 4 is 5.97 Å². The number of carbonyl (C=O) groups excluding carboxylic acids is 1. The Balaban J connectivity index is 2.83. The maximum absolute atomic E-state index is 11.6. The molecule has 84 valence electrons. The summed E-state index contributed by atoms with van der Waals surface area (Å²) in [4.78, 5) is 15.7. The van der Waals surface area contributed by atoms with Crippen LogP contribution in [0.25, 0.3) is 0 Å². The lowest BCUT2D eigenvalue weighted by Gasteiger charge is -2.18. The van der Waals surface area contributed by atoms with E-state index in [0.717, 1.165) is 0 Å². The molecule has 1 heterocycles. The first-order valence-electron chi connectivity index (χ1n) is 4.79. The largest absolute Gasteiger partial charge is 0.455 e. The summed E-state index contributed by atoms with van der Waals surface area (Å²) in [7, 11) is 1.79. The van der Waals surface area contributed by atoms with E-state index in [1.54, 1.807) is 17.8 Å². The molecule has 0 aliphatic carbocycles. The highest BCUT2D eigenvalue weighted by atomic mass is 16.6. The number of ether oxygens (including phenoxy) is 1. The van der Waals surface area contributed by atoms with Crippen LogP contribution in [0.2, 0.25) is 0 Å². The van der Waals surface area contributed by atoms with Gasteiger partial charge in [0.15, 0.2) is 5.69 Å². The smallest absolute Gasteiger partial charge is 0.359 e. The van der Waals surface area contributed by atoms with Crippen LogP contribution >= 0.6 is 0 Å². The van der Waals surface area contributed by atoms with E-state index in [1.807, 2.05) is 20.8 Å². The van der Waals surface area contributed by atoms with Crippen LogP contribution in [-0.4, -0.2) is 21.1 Å². The van der Waals surface area contributed by atoms with Crippen molar-refractivity contribution in [2.75, 3.05) is 0 Å². The van der Waals surface area contributed by atoms with Gasteiger partial charge in [0, 0.05) is 13.2 Å². The highest BCUT2D eigenvalue weighted by Gasteiger charge is 2.20. The molecule has 0 aromatic carbocycles. The van der Waals surface area contributed by atoms with Crippen molar-refractivity contribution in [1.82, 2.24) is 9.55 Å². The Morgan fingerprint density at radius 2 is 2.20 bits per heavy atom. The number of esters is 1. The average molecular weight is 211 g/mol. The Labute approximate surface area is 89.2 Å². The first-order valence-corrected chi connectivity index (χ1v) is 4.79. The highest BCUT2D eigenvalue weighted by Crippen LogP contribution is 2.11. The van der Waals surface area contributed by atoms with Gasteiger partial charge in [-0.05, 0) is 20.8 Å². The fourth-order valence-corrected chi connectivity index (χ4v) is 1.12. The van der Waals surface area contributed by atoms with Gasteiger partial charge in [-0.25, -0.2) is 9.78 Å². The molecule has 0 amide bonds. The van der Waals surface area contributed by atoms with Crippen LogP contribution in [0.5, 0.6) is 0 Å². The van der Waals surface area contributed by atoms with E-state index in [0.29, 0.717) is 18.1 Å². The molecule has 1 aromatic heterocycles. The van der Waals surface area contributed by atoms with Crippen molar-refractivity contribution in [2.24, 2.45) is 12.8 Å². The number of imidazole rings is 1. The third kappa shape index (κ3) is 3.06. The maximum Gasteiger partial charge on any atom is 0.359 e. The van der Waals surface area contributed by atoms with E-state index >= 15 is 0 Å².